The molecule has 192 valence electrons. The first-order valence-corrected chi connectivity index (χ1v) is 15.1. The first kappa shape index (κ1) is 23.0. The molecule has 0 aromatic carbocycles. The lowest BCUT2D eigenvalue weighted by molar-refractivity contribution is -0.240. The first-order chi connectivity index (χ1) is 16.7. The van der Waals surface area contributed by atoms with E-state index in [9.17, 15) is 0 Å². The van der Waals surface area contributed by atoms with Crippen LogP contribution in [-0.4, -0.2) is 51.8 Å². The lowest BCUT2D eigenvalue weighted by Crippen LogP contribution is -2.63. The molecule has 0 aromatic heterocycles. The number of hydrogen-bond acceptors (Lipinski definition) is 4. The van der Waals surface area contributed by atoms with Crippen LogP contribution in [0.15, 0.2) is 0 Å². The van der Waals surface area contributed by atoms with Crippen molar-refractivity contribution in [1.82, 2.24) is 0 Å². The summed E-state index contributed by atoms with van der Waals surface area (Å²) < 4.78 is 26.0. The molecule has 2 atom stereocenters. The second-order valence-corrected chi connectivity index (χ2v) is 14.1. The fourth-order valence-electron chi connectivity index (χ4n) is 11.3. The van der Waals surface area contributed by atoms with E-state index < -0.39 is 0 Å². The van der Waals surface area contributed by atoms with Gasteiger partial charge >= 0.3 is 0 Å². The van der Waals surface area contributed by atoms with E-state index in [0.717, 1.165) is 74.8 Å². The maximum Gasteiger partial charge on any atom is 0.0898 e. The molecule has 0 spiro atoms. The van der Waals surface area contributed by atoms with Gasteiger partial charge in [-0.05, 0) is 136 Å². The monoisotopic (exact) mass is 472 g/mol. The van der Waals surface area contributed by atoms with E-state index in [1.165, 1.54) is 77.0 Å². The van der Waals surface area contributed by atoms with Gasteiger partial charge < -0.3 is 18.9 Å². The Bertz CT molecular complexity index is 588. The molecular formula is C30H48O4. The third-order valence-electron chi connectivity index (χ3n) is 11.5. The molecule has 1 heterocycles. The molecule has 9 fully saturated rings. The maximum atomic E-state index is 7.14. The van der Waals surface area contributed by atoms with Crippen LogP contribution >= 0.6 is 0 Å². The zero-order chi connectivity index (χ0) is 22.6. The summed E-state index contributed by atoms with van der Waals surface area (Å²) in [5.74, 6) is 5.73. The van der Waals surface area contributed by atoms with Crippen LogP contribution in [0.5, 0.6) is 0 Å². The predicted molar refractivity (Wildman–Crippen MR) is 132 cm³/mol. The fourth-order valence-corrected chi connectivity index (χ4v) is 11.3. The quantitative estimate of drug-likeness (QED) is 0.493. The molecule has 0 amide bonds. The molecule has 1 unspecified atom stereocenters. The van der Waals surface area contributed by atoms with E-state index in [0.29, 0.717) is 36.3 Å². The van der Waals surface area contributed by atoms with Gasteiger partial charge in [-0.25, -0.2) is 0 Å². The van der Waals surface area contributed by atoms with Gasteiger partial charge in [-0.3, -0.25) is 0 Å². The Balaban J connectivity index is 1.21. The van der Waals surface area contributed by atoms with Gasteiger partial charge in [0.1, 0.15) is 0 Å². The summed E-state index contributed by atoms with van der Waals surface area (Å²) >= 11 is 0. The largest absolute Gasteiger partial charge is 0.379 e. The number of ether oxygens (including phenoxy) is 4. The average molecular weight is 473 g/mol. The van der Waals surface area contributed by atoms with Crippen LogP contribution in [0.4, 0.5) is 0 Å². The summed E-state index contributed by atoms with van der Waals surface area (Å²) in [6, 6.07) is 0. The summed E-state index contributed by atoms with van der Waals surface area (Å²) in [6.07, 6.45) is 20.1. The third kappa shape index (κ3) is 4.21. The molecule has 0 N–H and O–H groups in total. The summed E-state index contributed by atoms with van der Waals surface area (Å²) in [5.41, 5.74) is 0.744. The molecule has 0 aromatic rings. The van der Waals surface area contributed by atoms with Crippen molar-refractivity contribution in [2.75, 3.05) is 39.6 Å². The number of hydrogen-bond donors (Lipinski definition) is 0. The highest BCUT2D eigenvalue weighted by Gasteiger charge is 2.62. The minimum absolute atomic E-state index is 0.293. The van der Waals surface area contributed by atoms with Crippen molar-refractivity contribution < 1.29 is 18.9 Å². The van der Waals surface area contributed by atoms with Crippen LogP contribution in [0.1, 0.15) is 89.9 Å². The van der Waals surface area contributed by atoms with Gasteiger partial charge in [-0.2, -0.15) is 0 Å². The highest BCUT2D eigenvalue weighted by molar-refractivity contribution is 5.12. The summed E-state index contributed by atoms with van der Waals surface area (Å²) in [4.78, 5) is 0. The van der Waals surface area contributed by atoms with Crippen LogP contribution in [0, 0.1) is 46.3 Å². The topological polar surface area (TPSA) is 36.9 Å². The van der Waals surface area contributed by atoms with E-state index in [1.807, 2.05) is 0 Å². The Kier molecular flexibility index (Phi) is 6.29. The molecule has 0 radical (unpaired) electrons. The van der Waals surface area contributed by atoms with Gasteiger partial charge in [-0.1, -0.05) is 0 Å². The van der Waals surface area contributed by atoms with Crippen molar-refractivity contribution in [2.24, 2.45) is 46.3 Å². The van der Waals surface area contributed by atoms with Gasteiger partial charge in [0.2, 0.25) is 0 Å². The smallest absolute Gasteiger partial charge is 0.0898 e. The summed E-state index contributed by atoms with van der Waals surface area (Å²) in [6.45, 7) is 4.66. The summed E-state index contributed by atoms with van der Waals surface area (Å²) in [5, 5.41) is 0. The molecule has 4 heteroatoms. The standard InChI is InChI=1S/C30H48O4/c1-3-31-7-8-32-4-2-6-34-28(30-18-24-12-25(19-30)14-26(13-24)20-30)27(33-5-1)29-15-21-9-22(16-29)11-23(10-21)17-29/h21-28H,1-20H2/t21?,22?,23?,24?,25?,26?,27-,28?,29?,30?/m0/s1. The lowest BCUT2D eigenvalue weighted by atomic mass is 9.43. The van der Waals surface area contributed by atoms with Gasteiger partial charge in [0, 0.05) is 26.4 Å². The minimum Gasteiger partial charge on any atom is -0.379 e. The van der Waals surface area contributed by atoms with Crippen molar-refractivity contribution in [3.8, 4) is 0 Å². The SMILES string of the molecule is C1COCCOCCCO[C@H](C23CC4CC(CC(C4)C2)C3)C(C23CC4CC(CC(C4)C2)C3)OC1. The van der Waals surface area contributed by atoms with Crippen molar-refractivity contribution in [2.45, 2.75) is 102 Å². The summed E-state index contributed by atoms with van der Waals surface area (Å²) in [7, 11) is 0. The molecular weight excluding hydrogens is 424 g/mol. The van der Waals surface area contributed by atoms with Gasteiger partial charge in [0.05, 0.1) is 25.4 Å². The Morgan fingerprint density at radius 3 is 1.03 bits per heavy atom. The molecule has 8 saturated carbocycles. The zero-order valence-corrected chi connectivity index (χ0v) is 21.4. The van der Waals surface area contributed by atoms with Crippen LogP contribution in [0.2, 0.25) is 0 Å². The van der Waals surface area contributed by atoms with Crippen molar-refractivity contribution in [3.05, 3.63) is 0 Å². The Hall–Kier alpha value is -0.160. The molecule has 9 rings (SSSR count). The molecule has 4 nitrogen and oxygen atoms in total. The normalized spacial score (nSPS) is 53.6. The van der Waals surface area contributed by atoms with Crippen molar-refractivity contribution in [3.63, 3.8) is 0 Å². The molecule has 8 aliphatic carbocycles. The van der Waals surface area contributed by atoms with Crippen LogP contribution in [-0.2, 0) is 18.9 Å². The van der Waals surface area contributed by atoms with Crippen LogP contribution < -0.4 is 0 Å². The fraction of sp³-hybridized carbons (Fsp3) is 1.00. The highest BCUT2D eigenvalue weighted by Crippen LogP contribution is 2.67. The third-order valence-corrected chi connectivity index (χ3v) is 11.5. The highest BCUT2D eigenvalue weighted by atomic mass is 16.5. The van der Waals surface area contributed by atoms with Gasteiger partial charge in [0.15, 0.2) is 0 Å². The second kappa shape index (κ2) is 9.30. The first-order valence-electron chi connectivity index (χ1n) is 15.1. The average Bonchev–Trinajstić information content (AvgIpc) is 2.78. The second-order valence-electron chi connectivity index (χ2n) is 14.1. The van der Waals surface area contributed by atoms with E-state index in [2.05, 4.69) is 0 Å². The van der Waals surface area contributed by atoms with Gasteiger partial charge in [0.25, 0.3) is 0 Å². The maximum absolute atomic E-state index is 7.14. The molecule has 8 bridgehead atoms. The van der Waals surface area contributed by atoms with E-state index in [-0.39, 0.29) is 0 Å². The van der Waals surface area contributed by atoms with Crippen LogP contribution in [0.3, 0.4) is 0 Å². The van der Waals surface area contributed by atoms with Gasteiger partial charge in [-0.15, -0.1) is 0 Å². The zero-order valence-electron chi connectivity index (χ0n) is 21.4. The lowest BCUT2D eigenvalue weighted by Gasteiger charge is -2.64. The number of rotatable bonds is 2. The Morgan fingerprint density at radius 1 is 0.382 bits per heavy atom. The van der Waals surface area contributed by atoms with Crippen molar-refractivity contribution >= 4 is 0 Å². The van der Waals surface area contributed by atoms with E-state index in [4.69, 9.17) is 18.9 Å². The molecule has 1 aliphatic heterocycles. The van der Waals surface area contributed by atoms with Crippen LogP contribution in [0.25, 0.3) is 0 Å². The molecule has 1 saturated heterocycles. The minimum atomic E-state index is 0.293. The Labute approximate surface area is 207 Å². The molecule has 34 heavy (non-hydrogen) atoms. The Morgan fingerprint density at radius 2 is 0.706 bits per heavy atom. The molecule has 9 aliphatic rings. The van der Waals surface area contributed by atoms with E-state index >= 15 is 0 Å². The van der Waals surface area contributed by atoms with Crippen molar-refractivity contribution in [1.29, 1.82) is 0 Å². The van der Waals surface area contributed by atoms with E-state index in [1.54, 1.807) is 0 Å². The predicted octanol–water partition coefficient (Wildman–Crippen LogP) is 6.02.